The molecule has 0 bridgehead atoms. The van der Waals surface area contributed by atoms with Crippen LogP contribution in [0, 0.1) is 6.92 Å². The van der Waals surface area contributed by atoms with Gasteiger partial charge < -0.3 is 15.8 Å². The minimum atomic E-state index is -1.00. The smallest absolute Gasteiger partial charge is 0.341 e. The number of anilines is 2. The van der Waals surface area contributed by atoms with Crippen molar-refractivity contribution in [1.29, 1.82) is 0 Å². The number of esters is 1. The number of amides is 1. The topological polar surface area (TPSA) is 94.3 Å². The molecule has 0 aliphatic carbocycles. The molecule has 0 aliphatic rings. The number of hydrogen-bond acceptors (Lipinski definition) is 5. The van der Waals surface area contributed by atoms with E-state index in [1.165, 1.54) is 13.1 Å². The first-order valence-electron chi connectivity index (χ1n) is 6.87. The number of hydrogen-bond donors (Lipinski definition) is 2. The fourth-order valence-corrected chi connectivity index (χ4v) is 1.93. The fraction of sp³-hybridized carbons (Fsp3) is 0.188. The summed E-state index contributed by atoms with van der Waals surface area (Å²) < 4.78 is 5.15. The number of carbonyl (C=O) groups is 2. The summed E-state index contributed by atoms with van der Waals surface area (Å²) in [5.41, 5.74) is 7.18. The molecule has 7 heteroatoms. The number of pyridine rings is 1. The van der Waals surface area contributed by atoms with Crippen LogP contribution in [-0.2, 0) is 9.53 Å². The van der Waals surface area contributed by atoms with Gasteiger partial charge in [0.2, 0.25) is 0 Å². The number of benzene rings is 1. The lowest BCUT2D eigenvalue weighted by atomic mass is 10.1. The van der Waals surface area contributed by atoms with Crippen LogP contribution in [0.3, 0.4) is 0 Å². The molecule has 0 aliphatic heterocycles. The Hall–Kier alpha value is -2.60. The zero-order chi connectivity index (χ0) is 17.0. The Balaban J connectivity index is 2.01. The number of halogens is 1. The van der Waals surface area contributed by atoms with Gasteiger partial charge in [0, 0.05) is 11.9 Å². The highest BCUT2D eigenvalue weighted by molar-refractivity contribution is 6.30. The molecule has 0 radical (unpaired) electrons. The van der Waals surface area contributed by atoms with Gasteiger partial charge in [0.15, 0.2) is 6.10 Å². The maximum absolute atomic E-state index is 12.1. The Morgan fingerprint density at radius 1 is 1.30 bits per heavy atom. The van der Waals surface area contributed by atoms with Crippen molar-refractivity contribution >= 4 is 35.0 Å². The molecular formula is C16H16ClN3O3. The number of rotatable bonds is 4. The number of nitrogens with two attached hydrogens (primary N) is 1. The molecule has 23 heavy (non-hydrogen) atoms. The normalized spacial score (nSPS) is 11.6. The van der Waals surface area contributed by atoms with Crippen molar-refractivity contribution < 1.29 is 14.3 Å². The molecule has 0 saturated heterocycles. The third-order valence-electron chi connectivity index (χ3n) is 3.18. The molecule has 6 nitrogen and oxygen atoms in total. The highest BCUT2D eigenvalue weighted by Gasteiger charge is 2.21. The number of aryl methyl sites for hydroxylation is 1. The molecule has 1 heterocycles. The van der Waals surface area contributed by atoms with E-state index in [0.717, 1.165) is 5.56 Å². The summed E-state index contributed by atoms with van der Waals surface area (Å²) in [7, 11) is 0. The second kappa shape index (κ2) is 7.11. The van der Waals surface area contributed by atoms with Crippen molar-refractivity contribution in [3.8, 4) is 0 Å². The lowest BCUT2D eigenvalue weighted by Crippen LogP contribution is -2.30. The quantitative estimate of drug-likeness (QED) is 0.662. The molecule has 0 fully saturated rings. The highest BCUT2D eigenvalue weighted by Crippen LogP contribution is 2.18. The van der Waals surface area contributed by atoms with Crippen LogP contribution in [0.2, 0.25) is 5.02 Å². The number of ether oxygens (including phenoxy) is 1. The number of aromatic nitrogens is 1. The maximum Gasteiger partial charge on any atom is 0.341 e. The first-order valence-corrected chi connectivity index (χ1v) is 7.24. The minimum Gasteiger partial charge on any atom is -0.449 e. The monoisotopic (exact) mass is 333 g/mol. The van der Waals surface area contributed by atoms with E-state index >= 15 is 0 Å². The third kappa shape index (κ3) is 4.20. The lowest BCUT2D eigenvalue weighted by Gasteiger charge is -2.14. The number of carbonyl (C=O) groups excluding carboxylic acids is 2. The van der Waals surface area contributed by atoms with Gasteiger partial charge in [-0.25, -0.2) is 9.78 Å². The second-order valence-electron chi connectivity index (χ2n) is 4.93. The van der Waals surface area contributed by atoms with E-state index in [1.807, 2.05) is 0 Å². The van der Waals surface area contributed by atoms with Gasteiger partial charge in [-0.05, 0) is 37.6 Å². The Bertz CT molecular complexity index is 732. The van der Waals surface area contributed by atoms with E-state index in [1.54, 1.807) is 37.3 Å². The van der Waals surface area contributed by atoms with Crippen LogP contribution in [-0.4, -0.2) is 23.0 Å². The van der Waals surface area contributed by atoms with Crippen LogP contribution >= 0.6 is 11.6 Å². The van der Waals surface area contributed by atoms with Gasteiger partial charge in [-0.2, -0.15) is 0 Å². The average Bonchev–Trinajstić information content (AvgIpc) is 2.52. The molecule has 2 aromatic rings. The Morgan fingerprint density at radius 2 is 2.04 bits per heavy atom. The second-order valence-corrected chi connectivity index (χ2v) is 5.37. The first-order chi connectivity index (χ1) is 10.9. The molecule has 2 rings (SSSR count). The molecule has 1 unspecified atom stereocenters. The van der Waals surface area contributed by atoms with Crippen molar-refractivity contribution in [2.75, 3.05) is 11.1 Å². The number of para-hydroxylation sites is 1. The van der Waals surface area contributed by atoms with E-state index in [-0.39, 0.29) is 5.56 Å². The largest absolute Gasteiger partial charge is 0.449 e. The van der Waals surface area contributed by atoms with Crippen LogP contribution in [0.5, 0.6) is 0 Å². The number of nitrogens with one attached hydrogen (secondary N) is 1. The predicted molar refractivity (Wildman–Crippen MR) is 88.3 cm³/mol. The Morgan fingerprint density at radius 3 is 2.70 bits per heavy atom. The zero-order valence-electron chi connectivity index (χ0n) is 12.7. The summed E-state index contributed by atoms with van der Waals surface area (Å²) >= 11 is 5.72. The first kappa shape index (κ1) is 16.8. The van der Waals surface area contributed by atoms with E-state index in [4.69, 9.17) is 22.1 Å². The van der Waals surface area contributed by atoms with Crippen molar-refractivity contribution in [2.24, 2.45) is 0 Å². The van der Waals surface area contributed by atoms with Crippen LogP contribution in [0.1, 0.15) is 22.8 Å². The van der Waals surface area contributed by atoms with Gasteiger partial charge in [-0.1, -0.05) is 23.7 Å². The summed E-state index contributed by atoms with van der Waals surface area (Å²) in [5, 5.41) is 2.99. The van der Waals surface area contributed by atoms with Crippen molar-refractivity contribution in [2.45, 2.75) is 20.0 Å². The van der Waals surface area contributed by atoms with Crippen LogP contribution in [0.4, 0.5) is 11.5 Å². The van der Waals surface area contributed by atoms with E-state index < -0.39 is 18.0 Å². The highest BCUT2D eigenvalue weighted by atomic mass is 35.5. The van der Waals surface area contributed by atoms with Gasteiger partial charge in [-0.3, -0.25) is 4.79 Å². The predicted octanol–water partition coefficient (Wildman–Crippen LogP) is 2.81. The summed E-state index contributed by atoms with van der Waals surface area (Å²) in [6, 6.07) is 8.18. The van der Waals surface area contributed by atoms with Gasteiger partial charge in [-0.15, -0.1) is 0 Å². The van der Waals surface area contributed by atoms with Crippen molar-refractivity contribution in [1.82, 2.24) is 4.98 Å². The molecule has 3 N–H and O–H groups in total. The third-order valence-corrected chi connectivity index (χ3v) is 3.40. The number of nitrogen functional groups attached to an aromatic ring is 1. The molecule has 1 atom stereocenters. The van der Waals surface area contributed by atoms with Crippen LogP contribution in [0.25, 0.3) is 0 Å². The standard InChI is InChI=1S/C16H16ClN3O3/c1-9-4-3-5-12(14(9)18)16(22)23-10(2)15(21)20-13-7-6-11(17)8-19-13/h3-8,10H,18H2,1-2H3,(H,19,20,21). The van der Waals surface area contributed by atoms with Crippen molar-refractivity contribution in [3.05, 3.63) is 52.7 Å². The van der Waals surface area contributed by atoms with Crippen LogP contribution in [0.15, 0.2) is 36.5 Å². The molecule has 0 spiro atoms. The maximum atomic E-state index is 12.1. The van der Waals surface area contributed by atoms with E-state index in [9.17, 15) is 9.59 Å². The molecule has 120 valence electrons. The van der Waals surface area contributed by atoms with Gasteiger partial charge in [0.05, 0.1) is 10.6 Å². The van der Waals surface area contributed by atoms with Gasteiger partial charge in [0.1, 0.15) is 5.82 Å². The summed E-state index contributed by atoms with van der Waals surface area (Å²) in [4.78, 5) is 28.1. The Kier molecular flexibility index (Phi) is 5.18. The average molecular weight is 334 g/mol. The molecule has 1 aromatic heterocycles. The van der Waals surface area contributed by atoms with E-state index in [2.05, 4.69) is 10.3 Å². The van der Waals surface area contributed by atoms with E-state index in [0.29, 0.717) is 16.5 Å². The zero-order valence-corrected chi connectivity index (χ0v) is 13.4. The molecule has 0 saturated carbocycles. The SMILES string of the molecule is Cc1cccc(C(=O)OC(C)C(=O)Nc2ccc(Cl)cn2)c1N. The van der Waals surface area contributed by atoms with Gasteiger partial charge in [0.25, 0.3) is 5.91 Å². The molecule has 1 aromatic carbocycles. The van der Waals surface area contributed by atoms with Gasteiger partial charge >= 0.3 is 5.97 Å². The van der Waals surface area contributed by atoms with Crippen molar-refractivity contribution in [3.63, 3.8) is 0 Å². The minimum absolute atomic E-state index is 0.231. The van der Waals surface area contributed by atoms with Crippen LogP contribution < -0.4 is 11.1 Å². The number of nitrogens with zero attached hydrogens (tertiary/aromatic N) is 1. The molecule has 1 amide bonds. The molecular weight excluding hydrogens is 318 g/mol. The summed E-state index contributed by atoms with van der Waals surface area (Å²) in [6.45, 7) is 3.25. The summed E-state index contributed by atoms with van der Waals surface area (Å²) in [5.74, 6) is -0.838. The fourth-order valence-electron chi connectivity index (χ4n) is 1.81. The Labute approximate surface area is 138 Å². The lowest BCUT2D eigenvalue weighted by molar-refractivity contribution is -0.123. The summed E-state index contributed by atoms with van der Waals surface area (Å²) in [6.07, 6.45) is 0.404.